The van der Waals surface area contributed by atoms with Crippen LogP contribution in [-0.2, 0) is 0 Å². The summed E-state index contributed by atoms with van der Waals surface area (Å²) in [6.45, 7) is 0. The molecule has 1 amide bonds. The molecule has 4 N–H and O–H groups in total. The lowest BCUT2D eigenvalue weighted by Crippen LogP contribution is -2.17. The van der Waals surface area contributed by atoms with Crippen LogP contribution in [-0.4, -0.2) is 5.91 Å². The molecule has 0 unspecified atom stereocenters. The molecule has 4 nitrogen and oxygen atoms in total. The highest BCUT2D eigenvalue weighted by Crippen LogP contribution is 2.23. The topological polar surface area (TPSA) is 67.1 Å². The average Bonchev–Trinajstić information content (AvgIpc) is 2.43. The zero-order chi connectivity index (χ0) is 14.7. The number of benzene rings is 2. The van der Waals surface area contributed by atoms with Crippen LogP contribution >= 0.6 is 23.2 Å². The Morgan fingerprint density at radius 3 is 2.55 bits per heavy atom. The molecule has 0 saturated carbocycles. The van der Waals surface area contributed by atoms with E-state index >= 15 is 0 Å². The smallest absolute Gasteiger partial charge is 0.257 e. The molecular weight excluding hydrogens is 304 g/mol. The number of hydrogen-bond acceptors (Lipinski definition) is 3. The number of carbonyl (C=O) groups excluding carboxylic acids is 1. The molecule has 0 fully saturated rings. The largest absolute Gasteiger partial charge is 0.323 e. The third-order valence-electron chi connectivity index (χ3n) is 2.56. The molecule has 0 aliphatic carbocycles. The molecule has 0 atom stereocenters. The van der Waals surface area contributed by atoms with Crippen LogP contribution in [0.3, 0.4) is 0 Å². The third kappa shape index (κ3) is 3.19. The van der Waals surface area contributed by atoms with Crippen molar-refractivity contribution >= 4 is 40.5 Å². The Balaban J connectivity index is 2.27. The number of anilines is 2. The first kappa shape index (κ1) is 14.6. The Hall–Kier alpha value is -1.82. The van der Waals surface area contributed by atoms with Crippen molar-refractivity contribution in [2.45, 2.75) is 0 Å². The Labute approximate surface area is 124 Å². The fourth-order valence-corrected chi connectivity index (χ4v) is 1.96. The zero-order valence-corrected chi connectivity index (χ0v) is 11.6. The summed E-state index contributed by atoms with van der Waals surface area (Å²) < 4.78 is 13.0. The van der Waals surface area contributed by atoms with Gasteiger partial charge in [-0.3, -0.25) is 10.6 Å². The first-order valence-corrected chi connectivity index (χ1v) is 6.29. The second kappa shape index (κ2) is 6.09. The molecule has 0 saturated heterocycles. The minimum Gasteiger partial charge on any atom is -0.323 e. The fraction of sp³-hybridized carbons (Fsp3) is 0. The van der Waals surface area contributed by atoms with E-state index < -0.39 is 11.7 Å². The third-order valence-corrected chi connectivity index (χ3v) is 3.08. The lowest BCUT2D eigenvalue weighted by Gasteiger charge is -2.10. The molecule has 0 radical (unpaired) electrons. The van der Waals surface area contributed by atoms with Crippen LogP contribution in [0.25, 0.3) is 0 Å². The van der Waals surface area contributed by atoms with Crippen LogP contribution in [0.1, 0.15) is 10.4 Å². The number of carbonyl (C=O) groups is 1. The highest BCUT2D eigenvalue weighted by molar-refractivity contribution is 6.31. The second-order valence-electron chi connectivity index (χ2n) is 3.92. The van der Waals surface area contributed by atoms with Crippen LogP contribution in [0.2, 0.25) is 10.0 Å². The van der Waals surface area contributed by atoms with E-state index in [1.807, 2.05) is 0 Å². The van der Waals surface area contributed by atoms with Gasteiger partial charge in [0.1, 0.15) is 5.82 Å². The highest BCUT2D eigenvalue weighted by atomic mass is 35.5. The summed E-state index contributed by atoms with van der Waals surface area (Å²) in [4.78, 5) is 12.1. The van der Waals surface area contributed by atoms with Gasteiger partial charge in [-0.1, -0.05) is 23.2 Å². The molecule has 0 aliphatic heterocycles. The van der Waals surface area contributed by atoms with Crippen molar-refractivity contribution < 1.29 is 9.18 Å². The van der Waals surface area contributed by atoms with E-state index in [1.165, 1.54) is 18.2 Å². The maximum Gasteiger partial charge on any atom is 0.257 e. The van der Waals surface area contributed by atoms with Gasteiger partial charge in [0.15, 0.2) is 0 Å². The van der Waals surface area contributed by atoms with Gasteiger partial charge in [0.2, 0.25) is 0 Å². The molecule has 20 heavy (non-hydrogen) atoms. The number of halogens is 3. The van der Waals surface area contributed by atoms with E-state index in [-0.39, 0.29) is 10.6 Å². The van der Waals surface area contributed by atoms with Gasteiger partial charge < -0.3 is 10.7 Å². The molecule has 2 aromatic carbocycles. The number of nitrogens with two attached hydrogens (primary N) is 1. The summed E-state index contributed by atoms with van der Waals surface area (Å²) in [5.74, 6) is 4.33. The van der Waals surface area contributed by atoms with Crippen molar-refractivity contribution in [3.05, 3.63) is 57.8 Å². The van der Waals surface area contributed by atoms with Crippen molar-refractivity contribution in [1.29, 1.82) is 0 Å². The summed E-state index contributed by atoms with van der Waals surface area (Å²) in [6, 6.07) is 8.53. The molecule has 2 aromatic rings. The van der Waals surface area contributed by atoms with Crippen LogP contribution in [0, 0.1) is 5.82 Å². The minimum absolute atomic E-state index is 0.0777. The Morgan fingerprint density at radius 2 is 1.90 bits per heavy atom. The normalized spacial score (nSPS) is 10.2. The van der Waals surface area contributed by atoms with E-state index in [2.05, 4.69) is 10.7 Å². The van der Waals surface area contributed by atoms with E-state index in [0.29, 0.717) is 16.4 Å². The Bertz CT molecular complexity index is 664. The number of nitrogens with one attached hydrogen (secondary N) is 2. The first-order chi connectivity index (χ1) is 9.51. The van der Waals surface area contributed by atoms with Crippen molar-refractivity contribution in [3.63, 3.8) is 0 Å². The van der Waals surface area contributed by atoms with E-state index in [1.54, 1.807) is 12.1 Å². The minimum atomic E-state index is -0.559. The molecule has 7 heteroatoms. The molecule has 0 aromatic heterocycles. The summed E-state index contributed by atoms with van der Waals surface area (Å²) in [6.07, 6.45) is 0. The number of nitrogen functional groups attached to an aromatic ring is 1. The lowest BCUT2D eigenvalue weighted by molar-refractivity contribution is 0.102. The Kier molecular flexibility index (Phi) is 4.44. The van der Waals surface area contributed by atoms with Gasteiger partial charge in [0, 0.05) is 10.7 Å². The molecule has 0 bridgehead atoms. The van der Waals surface area contributed by atoms with Gasteiger partial charge in [-0.25, -0.2) is 4.39 Å². The zero-order valence-electron chi connectivity index (χ0n) is 10.1. The molecule has 104 valence electrons. The summed E-state index contributed by atoms with van der Waals surface area (Å²) in [5, 5.41) is 2.90. The van der Waals surface area contributed by atoms with Crippen molar-refractivity contribution in [1.82, 2.24) is 0 Å². The van der Waals surface area contributed by atoms with Crippen LogP contribution in [0.4, 0.5) is 15.8 Å². The maximum atomic E-state index is 13.0. The van der Waals surface area contributed by atoms with Gasteiger partial charge in [-0.2, -0.15) is 0 Å². The summed E-state index contributed by atoms with van der Waals surface area (Å²) in [5.41, 5.74) is 3.45. The Morgan fingerprint density at radius 1 is 1.15 bits per heavy atom. The SMILES string of the molecule is NNc1ccc(Cl)cc1C(=O)Nc1ccc(F)c(Cl)c1. The fourth-order valence-electron chi connectivity index (χ4n) is 1.60. The monoisotopic (exact) mass is 313 g/mol. The predicted molar refractivity (Wildman–Crippen MR) is 78.6 cm³/mol. The van der Waals surface area contributed by atoms with Crippen molar-refractivity contribution in [2.24, 2.45) is 5.84 Å². The van der Waals surface area contributed by atoms with Gasteiger partial charge in [0.05, 0.1) is 16.3 Å². The quantitative estimate of drug-likeness (QED) is 0.598. The molecule has 0 heterocycles. The number of amides is 1. The van der Waals surface area contributed by atoms with Gasteiger partial charge in [-0.15, -0.1) is 0 Å². The van der Waals surface area contributed by atoms with E-state index in [0.717, 1.165) is 6.07 Å². The van der Waals surface area contributed by atoms with Crippen LogP contribution in [0.15, 0.2) is 36.4 Å². The maximum absolute atomic E-state index is 13.0. The van der Waals surface area contributed by atoms with Crippen molar-refractivity contribution in [2.75, 3.05) is 10.7 Å². The molecule has 0 spiro atoms. The standard InChI is InChI=1S/C13H10Cl2FN3O/c14-7-1-4-12(19-17)9(5-7)13(20)18-8-2-3-11(16)10(15)6-8/h1-6,19H,17H2,(H,18,20). The second-order valence-corrected chi connectivity index (χ2v) is 4.76. The number of hydrogen-bond donors (Lipinski definition) is 3. The lowest BCUT2D eigenvalue weighted by atomic mass is 10.1. The molecule has 2 rings (SSSR count). The van der Waals surface area contributed by atoms with Crippen LogP contribution in [0.5, 0.6) is 0 Å². The highest BCUT2D eigenvalue weighted by Gasteiger charge is 2.12. The number of rotatable bonds is 3. The summed E-state index contributed by atoms with van der Waals surface area (Å²) >= 11 is 11.5. The average molecular weight is 314 g/mol. The van der Waals surface area contributed by atoms with Gasteiger partial charge in [-0.05, 0) is 36.4 Å². The molecule has 0 aliphatic rings. The summed E-state index contributed by atoms with van der Waals surface area (Å²) in [7, 11) is 0. The first-order valence-electron chi connectivity index (χ1n) is 5.54. The van der Waals surface area contributed by atoms with Gasteiger partial charge >= 0.3 is 0 Å². The number of hydrazine groups is 1. The van der Waals surface area contributed by atoms with E-state index in [9.17, 15) is 9.18 Å². The predicted octanol–water partition coefficient (Wildman–Crippen LogP) is 3.67. The van der Waals surface area contributed by atoms with Crippen molar-refractivity contribution in [3.8, 4) is 0 Å². The van der Waals surface area contributed by atoms with Crippen LogP contribution < -0.4 is 16.6 Å². The molecular formula is C13H10Cl2FN3O. The van der Waals surface area contributed by atoms with Gasteiger partial charge in [0.25, 0.3) is 5.91 Å². The van der Waals surface area contributed by atoms with E-state index in [4.69, 9.17) is 29.0 Å².